The van der Waals surface area contributed by atoms with Crippen molar-refractivity contribution in [2.75, 3.05) is 13.1 Å². The van der Waals surface area contributed by atoms with Crippen LogP contribution in [0.15, 0.2) is 48.9 Å². The number of piperidine rings is 1. The Bertz CT molecular complexity index is 1110. The Kier molecular flexibility index (Phi) is 6.92. The molecule has 3 heterocycles. The molecule has 9 heteroatoms. The lowest BCUT2D eigenvalue weighted by Crippen LogP contribution is -2.45. The zero-order valence-electron chi connectivity index (χ0n) is 16.6. The summed E-state index contributed by atoms with van der Waals surface area (Å²) in [5, 5.41) is 17.0. The van der Waals surface area contributed by atoms with Gasteiger partial charge in [-0.25, -0.2) is 9.37 Å². The molecule has 0 bridgehead atoms. The summed E-state index contributed by atoms with van der Waals surface area (Å²) in [7, 11) is 0. The summed E-state index contributed by atoms with van der Waals surface area (Å²) in [4.78, 5) is 20.0. The number of nitrogens with zero attached hydrogens (tertiary/aromatic N) is 6. The fourth-order valence-electron chi connectivity index (χ4n) is 3.32. The fraction of sp³-hybridized carbons (Fsp3) is 0.227. The summed E-state index contributed by atoms with van der Waals surface area (Å²) < 4.78 is 20.5. The highest BCUT2D eigenvalue weighted by Gasteiger charge is 2.29. The molecule has 156 valence electrons. The third-order valence-corrected chi connectivity index (χ3v) is 4.66. The molecule has 8 nitrogen and oxygen atoms in total. The molecule has 31 heavy (non-hydrogen) atoms. The van der Waals surface area contributed by atoms with Crippen molar-refractivity contribution in [1.82, 2.24) is 24.9 Å². The first-order valence-corrected chi connectivity index (χ1v) is 9.46. The second-order valence-corrected chi connectivity index (χ2v) is 6.58. The van der Waals surface area contributed by atoms with E-state index in [0.29, 0.717) is 24.4 Å². The first-order chi connectivity index (χ1) is 15.2. The summed E-state index contributed by atoms with van der Waals surface area (Å²) in [5.41, 5.74) is 0.654. The van der Waals surface area contributed by atoms with Crippen LogP contribution in [-0.4, -0.2) is 50.0 Å². The van der Waals surface area contributed by atoms with Crippen LogP contribution in [0.25, 0.3) is 5.69 Å². The van der Waals surface area contributed by atoms with Gasteiger partial charge < -0.3 is 9.64 Å². The molecule has 1 fully saturated rings. The predicted octanol–water partition coefficient (Wildman–Crippen LogP) is 2.61. The molecule has 0 unspecified atom stereocenters. The molecule has 4 rings (SSSR count). The van der Waals surface area contributed by atoms with Crippen LogP contribution in [-0.2, 0) is 0 Å². The average Bonchev–Trinajstić information content (AvgIpc) is 3.35. The van der Waals surface area contributed by atoms with Gasteiger partial charge in [0, 0.05) is 18.8 Å². The molecule has 1 aliphatic rings. The molecule has 2 aromatic heterocycles. The van der Waals surface area contributed by atoms with E-state index in [-0.39, 0.29) is 23.9 Å². The number of hydrogen-bond acceptors (Lipinski definition) is 6. The number of carbonyl (C=O) groups excluding carboxylic acids is 1. The minimum Gasteiger partial charge on any atom is -0.472 e. The van der Waals surface area contributed by atoms with Gasteiger partial charge in [0.05, 0.1) is 30.6 Å². The van der Waals surface area contributed by atoms with Gasteiger partial charge in [0.25, 0.3) is 5.91 Å². The highest BCUT2D eigenvalue weighted by molar-refractivity contribution is 5.98. The Labute approximate surface area is 178 Å². The third-order valence-electron chi connectivity index (χ3n) is 4.66. The number of likely N-dealkylation sites (tertiary alicyclic amines) is 1. The van der Waals surface area contributed by atoms with Crippen LogP contribution in [0, 0.1) is 30.0 Å². The van der Waals surface area contributed by atoms with Gasteiger partial charge in [-0.2, -0.15) is 20.3 Å². The van der Waals surface area contributed by atoms with Crippen LogP contribution in [0.5, 0.6) is 5.88 Å². The standard InChI is InChI=1S/C20H17FN6O2.C2H2/c21-16-4-1-5-17(27-24-8-9-25-27)19(16)20(28)26-10-2-3-15(13-26)29-18-11-14(12-22)6-7-23-18;1-2/h1,4-9,11,15H,2-3,10,13H2;1-2H/t15-;/m1./s1. The Morgan fingerprint density at radius 1 is 1.23 bits per heavy atom. The van der Waals surface area contributed by atoms with Crippen LogP contribution in [0.3, 0.4) is 0 Å². The predicted molar refractivity (Wildman–Crippen MR) is 110 cm³/mol. The van der Waals surface area contributed by atoms with Gasteiger partial charge in [-0.15, -0.1) is 12.8 Å². The summed E-state index contributed by atoms with van der Waals surface area (Å²) in [5.74, 6) is -0.741. The average molecular weight is 418 g/mol. The van der Waals surface area contributed by atoms with E-state index in [2.05, 4.69) is 28.0 Å². The number of halogens is 1. The lowest BCUT2D eigenvalue weighted by molar-refractivity contribution is 0.0523. The van der Waals surface area contributed by atoms with E-state index in [1.807, 2.05) is 6.07 Å². The fourth-order valence-corrected chi connectivity index (χ4v) is 3.32. The molecule has 1 atom stereocenters. The molecule has 1 aliphatic heterocycles. The van der Waals surface area contributed by atoms with Crippen LogP contribution >= 0.6 is 0 Å². The van der Waals surface area contributed by atoms with Crippen molar-refractivity contribution in [2.45, 2.75) is 18.9 Å². The van der Waals surface area contributed by atoms with Crippen molar-refractivity contribution in [3.8, 4) is 30.5 Å². The van der Waals surface area contributed by atoms with E-state index >= 15 is 0 Å². The Balaban J connectivity index is 0.00000132. The molecule has 0 radical (unpaired) electrons. The number of carbonyl (C=O) groups is 1. The third kappa shape index (κ3) is 4.85. The quantitative estimate of drug-likeness (QED) is 0.604. The minimum absolute atomic E-state index is 0.0750. The summed E-state index contributed by atoms with van der Waals surface area (Å²) in [6, 6.07) is 9.55. The van der Waals surface area contributed by atoms with Gasteiger partial charge in [-0.3, -0.25) is 4.79 Å². The highest BCUT2D eigenvalue weighted by Crippen LogP contribution is 2.23. The van der Waals surface area contributed by atoms with Crippen LogP contribution in [0.4, 0.5) is 4.39 Å². The molecule has 0 saturated carbocycles. The van der Waals surface area contributed by atoms with Crippen molar-refractivity contribution in [3.63, 3.8) is 0 Å². The van der Waals surface area contributed by atoms with Crippen molar-refractivity contribution < 1.29 is 13.9 Å². The van der Waals surface area contributed by atoms with Gasteiger partial charge in [0.2, 0.25) is 5.88 Å². The van der Waals surface area contributed by atoms with Gasteiger partial charge in [-0.05, 0) is 31.0 Å². The normalized spacial score (nSPS) is 15.3. The maximum atomic E-state index is 14.6. The van der Waals surface area contributed by atoms with Gasteiger partial charge >= 0.3 is 0 Å². The SMILES string of the molecule is C#C.N#Cc1ccnc(O[C@@H]2CCCN(C(=O)c3c(F)cccc3-n3nccn3)C2)c1. The first-order valence-electron chi connectivity index (χ1n) is 9.46. The van der Waals surface area contributed by atoms with Crippen LogP contribution < -0.4 is 4.74 Å². The number of aromatic nitrogens is 4. The second-order valence-electron chi connectivity index (χ2n) is 6.58. The van der Waals surface area contributed by atoms with Gasteiger partial charge in [0.1, 0.15) is 23.2 Å². The molecule has 0 spiro atoms. The van der Waals surface area contributed by atoms with Crippen molar-refractivity contribution in [1.29, 1.82) is 5.26 Å². The molecule has 0 N–H and O–H groups in total. The van der Waals surface area contributed by atoms with Crippen molar-refractivity contribution in [2.24, 2.45) is 0 Å². The maximum absolute atomic E-state index is 14.6. The van der Waals surface area contributed by atoms with Crippen LogP contribution in [0.2, 0.25) is 0 Å². The Morgan fingerprint density at radius 2 is 2.00 bits per heavy atom. The molecule has 1 amide bonds. The smallest absolute Gasteiger partial charge is 0.259 e. The van der Waals surface area contributed by atoms with Gasteiger partial charge in [-0.1, -0.05) is 6.07 Å². The molecular formula is C22H19FN6O2. The lowest BCUT2D eigenvalue weighted by atomic mass is 10.1. The Morgan fingerprint density at radius 3 is 2.74 bits per heavy atom. The lowest BCUT2D eigenvalue weighted by Gasteiger charge is -2.33. The number of hydrogen-bond donors (Lipinski definition) is 0. The number of ether oxygens (including phenoxy) is 1. The number of rotatable bonds is 4. The molecule has 1 aromatic carbocycles. The number of amides is 1. The summed E-state index contributed by atoms with van der Waals surface area (Å²) in [6.45, 7) is 0.780. The summed E-state index contributed by atoms with van der Waals surface area (Å²) >= 11 is 0. The zero-order valence-corrected chi connectivity index (χ0v) is 16.6. The molecular weight excluding hydrogens is 399 g/mol. The molecule has 3 aromatic rings. The highest BCUT2D eigenvalue weighted by atomic mass is 19.1. The molecule has 0 aliphatic carbocycles. The van der Waals surface area contributed by atoms with Gasteiger partial charge in [0.15, 0.2) is 0 Å². The largest absolute Gasteiger partial charge is 0.472 e. The topological polar surface area (TPSA) is 96.9 Å². The van der Waals surface area contributed by atoms with Crippen molar-refractivity contribution in [3.05, 3.63) is 65.9 Å². The zero-order chi connectivity index (χ0) is 22.2. The number of nitriles is 1. The second kappa shape index (κ2) is 9.99. The van der Waals surface area contributed by atoms with E-state index in [0.717, 1.165) is 6.42 Å². The van der Waals surface area contributed by atoms with E-state index in [1.54, 1.807) is 23.1 Å². The number of benzene rings is 1. The molecule has 1 saturated heterocycles. The first kappa shape index (κ1) is 21.5. The van der Waals surface area contributed by atoms with E-state index in [9.17, 15) is 9.18 Å². The van der Waals surface area contributed by atoms with E-state index in [1.165, 1.54) is 35.5 Å². The minimum atomic E-state index is -0.628. The monoisotopic (exact) mass is 418 g/mol. The van der Waals surface area contributed by atoms with E-state index < -0.39 is 11.7 Å². The number of pyridine rings is 1. The Hall–Kier alpha value is -4.24. The maximum Gasteiger partial charge on any atom is 0.259 e. The van der Waals surface area contributed by atoms with E-state index in [4.69, 9.17) is 10.00 Å². The summed E-state index contributed by atoms with van der Waals surface area (Å²) in [6.07, 6.45) is 13.6. The van der Waals surface area contributed by atoms with Crippen LogP contribution in [0.1, 0.15) is 28.8 Å². The van der Waals surface area contributed by atoms with Crippen molar-refractivity contribution >= 4 is 5.91 Å². The number of terminal acetylenes is 1.